The lowest BCUT2D eigenvalue weighted by molar-refractivity contribution is -0.142. The molecular formula is C50H64N12O8. The molecule has 15 N–H and O–H groups in total. The second-order valence-electron chi connectivity index (χ2n) is 17.8. The third-order valence-corrected chi connectivity index (χ3v) is 12.5. The highest BCUT2D eigenvalue weighted by Gasteiger charge is 2.37. The molecule has 2 aliphatic rings. The molecule has 2 heterocycles. The van der Waals surface area contributed by atoms with Crippen molar-refractivity contribution in [1.29, 1.82) is 0 Å². The van der Waals surface area contributed by atoms with E-state index >= 15 is 0 Å². The summed E-state index contributed by atoms with van der Waals surface area (Å²) in [6, 6.07) is 14.7. The summed E-state index contributed by atoms with van der Waals surface area (Å²) in [4.78, 5) is 102. The number of carboxylic acid groups (broad SMARTS) is 1. The smallest absolute Gasteiger partial charge is 0.326 e. The van der Waals surface area contributed by atoms with Crippen molar-refractivity contribution in [3.63, 3.8) is 0 Å². The molecule has 0 saturated carbocycles. The van der Waals surface area contributed by atoms with Gasteiger partial charge in [0.05, 0.1) is 12.4 Å². The van der Waals surface area contributed by atoms with Crippen LogP contribution in [0.4, 0.5) is 0 Å². The zero-order valence-corrected chi connectivity index (χ0v) is 39.0. The molecule has 6 amide bonds. The van der Waals surface area contributed by atoms with Gasteiger partial charge in [-0.25, -0.2) is 9.78 Å². The van der Waals surface area contributed by atoms with E-state index in [2.05, 4.69) is 53.3 Å². The Morgan fingerprint density at radius 3 is 2.16 bits per heavy atom. The first-order valence-electron chi connectivity index (χ1n) is 23.5. The molecule has 10 atom stereocenters. The van der Waals surface area contributed by atoms with Gasteiger partial charge in [-0.2, -0.15) is 0 Å². The molecule has 1 aliphatic carbocycles. The number of nitrogens with zero attached hydrogens (tertiary/aromatic N) is 1. The summed E-state index contributed by atoms with van der Waals surface area (Å²) in [6.45, 7) is 2.40. The number of benzene rings is 3. The highest BCUT2D eigenvalue weighted by molar-refractivity contribution is 5.96. The molecule has 1 aromatic heterocycles. The zero-order chi connectivity index (χ0) is 50.2. The number of rotatable bonds is 25. The number of aromatic nitrogens is 2. The van der Waals surface area contributed by atoms with Gasteiger partial charge in [0.25, 0.3) is 5.91 Å². The van der Waals surface area contributed by atoms with E-state index in [1.807, 2.05) is 42.5 Å². The van der Waals surface area contributed by atoms with E-state index < -0.39 is 83.8 Å². The standard InChI is InChI=1S/C50H64N12O8/c1-29(52)45(64)60-41(24-36-27-54-28-56-36)47(66)61-43(33-19-18-31-13-5-6-14-32(31)22-33)48(67)62-44(53)49(68)57-35(23-34-26-55-38-16-8-7-15-37(34)38)25-42(63)58-40(21-30-11-3-2-4-12-30)46(65)59-39(50(69)70)17-9-10-20-51/h2-8,11-16,18-19,22,27-29,34-35,37-41,43-44,55H,9-10,17,20-21,23-26,51-53H2,1H3,(H,54,56)(H,57,68)(H,58,63)(H,59,65)(H,60,64)(H,61,66)(H,62,67)(H,69,70)/t29?,34?,35-,37?,38?,39-,40?,41?,43?,44?/m0/s1. The number of aliphatic carboxylic acids is 1. The van der Waals surface area contributed by atoms with Crippen LogP contribution < -0.4 is 54.4 Å². The van der Waals surface area contributed by atoms with Crippen molar-refractivity contribution in [3.05, 3.63) is 126 Å². The Morgan fingerprint density at radius 1 is 0.743 bits per heavy atom. The maximum atomic E-state index is 14.4. The highest BCUT2D eigenvalue weighted by atomic mass is 16.4. The summed E-state index contributed by atoms with van der Waals surface area (Å²) >= 11 is 0. The molecule has 0 spiro atoms. The average Bonchev–Trinajstić information content (AvgIpc) is 4.02. The summed E-state index contributed by atoms with van der Waals surface area (Å²) < 4.78 is 0. The molecule has 20 heteroatoms. The molecule has 6 rings (SSSR count). The van der Waals surface area contributed by atoms with Gasteiger partial charge in [0.15, 0.2) is 6.17 Å². The van der Waals surface area contributed by atoms with Gasteiger partial charge < -0.3 is 64.5 Å². The topological polar surface area (TPSA) is 331 Å². The highest BCUT2D eigenvalue weighted by Crippen LogP contribution is 2.31. The van der Waals surface area contributed by atoms with E-state index in [0.29, 0.717) is 49.2 Å². The number of nitrogens with two attached hydrogens (primary N) is 3. The molecule has 1 saturated heterocycles. The van der Waals surface area contributed by atoms with E-state index in [1.165, 1.54) is 19.4 Å². The molecule has 20 nitrogen and oxygen atoms in total. The first kappa shape index (κ1) is 52.1. The number of allylic oxidation sites excluding steroid dienone is 2. The van der Waals surface area contributed by atoms with Crippen molar-refractivity contribution in [1.82, 2.24) is 47.2 Å². The normalized spacial score (nSPS) is 19.0. The van der Waals surface area contributed by atoms with Gasteiger partial charge in [-0.1, -0.05) is 91.0 Å². The number of fused-ring (bicyclic) bond motifs is 2. The van der Waals surface area contributed by atoms with Crippen molar-refractivity contribution in [2.24, 2.45) is 29.0 Å². The van der Waals surface area contributed by atoms with Crippen LogP contribution in [0.25, 0.3) is 10.8 Å². The van der Waals surface area contributed by atoms with E-state index in [9.17, 15) is 38.7 Å². The van der Waals surface area contributed by atoms with Crippen molar-refractivity contribution < 1.29 is 38.7 Å². The monoisotopic (exact) mass is 960 g/mol. The lowest BCUT2D eigenvalue weighted by Gasteiger charge is -2.28. The Labute approximate surface area is 405 Å². The molecule has 0 bridgehead atoms. The first-order valence-corrected chi connectivity index (χ1v) is 23.5. The number of carboxylic acids is 1. The van der Waals surface area contributed by atoms with Crippen LogP contribution in [0.15, 0.2) is 110 Å². The number of H-pyrrole nitrogens is 1. The van der Waals surface area contributed by atoms with Crippen LogP contribution >= 0.6 is 0 Å². The predicted molar refractivity (Wildman–Crippen MR) is 262 cm³/mol. The fraction of sp³-hybridized carbons (Fsp3) is 0.400. The second kappa shape index (κ2) is 25.4. The van der Waals surface area contributed by atoms with E-state index in [4.69, 9.17) is 17.2 Å². The maximum absolute atomic E-state index is 14.4. The summed E-state index contributed by atoms with van der Waals surface area (Å²) in [7, 11) is 0. The number of hydrogen-bond acceptors (Lipinski definition) is 12. The van der Waals surface area contributed by atoms with Gasteiger partial charge in [-0.3, -0.25) is 28.8 Å². The molecule has 70 heavy (non-hydrogen) atoms. The van der Waals surface area contributed by atoms with Crippen LogP contribution in [0.5, 0.6) is 0 Å². The Morgan fingerprint density at radius 2 is 1.44 bits per heavy atom. The van der Waals surface area contributed by atoms with Crippen LogP contribution in [0.1, 0.15) is 61.9 Å². The zero-order valence-electron chi connectivity index (χ0n) is 39.0. The number of nitrogens with one attached hydrogen (secondary N) is 8. The fourth-order valence-corrected chi connectivity index (χ4v) is 8.71. The Balaban J connectivity index is 1.21. The van der Waals surface area contributed by atoms with E-state index in [1.54, 1.807) is 48.5 Å². The predicted octanol–water partition coefficient (Wildman–Crippen LogP) is 0.217. The molecule has 372 valence electrons. The third-order valence-electron chi connectivity index (χ3n) is 12.5. The average molecular weight is 961 g/mol. The van der Waals surface area contributed by atoms with Gasteiger partial charge in [0.1, 0.15) is 24.2 Å². The van der Waals surface area contributed by atoms with E-state index in [-0.39, 0.29) is 43.6 Å². The van der Waals surface area contributed by atoms with Crippen molar-refractivity contribution in [2.75, 3.05) is 13.1 Å². The summed E-state index contributed by atoms with van der Waals surface area (Å²) in [6.07, 6.45) is 10.4. The molecule has 8 unspecified atom stereocenters. The Kier molecular flexibility index (Phi) is 18.9. The first-order chi connectivity index (χ1) is 33.7. The summed E-state index contributed by atoms with van der Waals surface area (Å²) in [5, 5.41) is 31.2. The van der Waals surface area contributed by atoms with Gasteiger partial charge in [-0.15, -0.1) is 0 Å². The number of carbonyl (C=O) groups excluding carboxylic acids is 6. The quantitative estimate of drug-likeness (QED) is 0.0313. The van der Waals surface area contributed by atoms with Gasteiger partial charge in [0, 0.05) is 49.2 Å². The number of imidazole rings is 1. The van der Waals surface area contributed by atoms with Crippen LogP contribution in [0.3, 0.4) is 0 Å². The second-order valence-corrected chi connectivity index (χ2v) is 17.8. The number of hydrogen-bond donors (Lipinski definition) is 12. The fourth-order valence-electron chi connectivity index (χ4n) is 8.71. The minimum atomic E-state index is -1.69. The number of amides is 6. The molecule has 4 aromatic rings. The molecular weight excluding hydrogens is 897 g/mol. The summed E-state index contributed by atoms with van der Waals surface area (Å²) in [5.41, 5.74) is 19.5. The van der Waals surface area contributed by atoms with Crippen molar-refractivity contribution >= 4 is 52.2 Å². The van der Waals surface area contributed by atoms with E-state index in [0.717, 1.165) is 10.8 Å². The van der Waals surface area contributed by atoms with Crippen molar-refractivity contribution in [3.8, 4) is 0 Å². The number of unbranched alkanes of at least 4 members (excludes halogenated alkanes) is 1. The molecule has 3 aromatic carbocycles. The maximum Gasteiger partial charge on any atom is 0.326 e. The largest absolute Gasteiger partial charge is 0.480 e. The molecule has 1 aliphatic heterocycles. The third kappa shape index (κ3) is 14.9. The number of aromatic amines is 1. The van der Waals surface area contributed by atoms with Crippen molar-refractivity contribution in [2.45, 2.75) is 100 Å². The van der Waals surface area contributed by atoms with Crippen LogP contribution in [-0.2, 0) is 46.4 Å². The molecule has 0 radical (unpaired) electrons. The number of carbonyl (C=O) groups is 7. The van der Waals surface area contributed by atoms with Crippen LogP contribution in [-0.4, -0.2) is 112 Å². The van der Waals surface area contributed by atoms with Crippen LogP contribution in [0, 0.1) is 11.8 Å². The van der Waals surface area contributed by atoms with Gasteiger partial charge >= 0.3 is 5.97 Å². The van der Waals surface area contributed by atoms with Gasteiger partial charge in [-0.05, 0) is 79.6 Å². The SMILES string of the molecule is CC(N)C(=O)NC(Cc1cnc[nH]1)C(=O)NC(C(=O)NC(N)C(=O)N[C@H](CC(=O)NC(Cc1ccccc1)C(=O)N[C@@H](CCCCN)C(=O)O)CC1CNC2C=CC=CC12)c1ccc2ccccc2c1. The Bertz CT molecular complexity index is 2500. The molecule has 1 fully saturated rings. The lowest BCUT2D eigenvalue weighted by Crippen LogP contribution is -2.58. The minimum Gasteiger partial charge on any atom is -0.480 e. The summed E-state index contributed by atoms with van der Waals surface area (Å²) in [5.74, 6) is -5.54. The van der Waals surface area contributed by atoms with Gasteiger partial charge in [0.2, 0.25) is 29.5 Å². The minimum absolute atomic E-state index is 0.0206. The Hall–Kier alpha value is -7.26. The lowest BCUT2D eigenvalue weighted by atomic mass is 9.83. The van der Waals surface area contributed by atoms with Crippen LogP contribution in [0.2, 0.25) is 0 Å².